The number of unbranched alkanes of at least 4 members (excludes halogenated alkanes) is 1. The Hall–Kier alpha value is -2.78. The molecule has 0 saturated heterocycles. The van der Waals surface area contributed by atoms with Gasteiger partial charge in [0.15, 0.2) is 21.4 Å². The maximum atomic E-state index is 14.2. The number of pyridine rings is 1. The van der Waals surface area contributed by atoms with Crippen molar-refractivity contribution in [1.29, 1.82) is 0 Å². The number of hydrogen-bond acceptors (Lipinski definition) is 6. The van der Waals surface area contributed by atoms with Crippen LogP contribution in [0, 0.1) is 5.82 Å². The third kappa shape index (κ3) is 5.89. The first kappa shape index (κ1) is 22.9. The van der Waals surface area contributed by atoms with Gasteiger partial charge in [0.05, 0.1) is 27.9 Å². The minimum Gasteiger partial charge on any atom is -0.420 e. The Morgan fingerprint density at radius 3 is 2.65 bits per heavy atom. The van der Waals surface area contributed by atoms with Crippen LogP contribution in [-0.4, -0.2) is 28.7 Å². The molecule has 3 rings (SSSR count). The number of aryl methyl sites for hydroxylation is 1. The van der Waals surface area contributed by atoms with Crippen LogP contribution in [0.2, 0.25) is 5.02 Å². The second kappa shape index (κ2) is 9.57. The Bertz CT molecular complexity index is 1240. The molecule has 3 aromatic rings. The Morgan fingerprint density at radius 2 is 1.97 bits per heavy atom. The molecule has 0 spiro atoms. The molecule has 2 heterocycles. The summed E-state index contributed by atoms with van der Waals surface area (Å²) in [6, 6.07) is 8.24. The summed E-state index contributed by atoms with van der Waals surface area (Å²) in [6.07, 6.45) is 2.83. The number of nitrogens with zero attached hydrogens (tertiary/aromatic N) is 3. The van der Waals surface area contributed by atoms with Crippen molar-refractivity contribution in [2.24, 2.45) is 7.05 Å². The highest BCUT2D eigenvalue weighted by Crippen LogP contribution is 2.31. The van der Waals surface area contributed by atoms with Gasteiger partial charge >= 0.3 is 6.01 Å². The molecule has 0 aliphatic rings. The van der Waals surface area contributed by atoms with Crippen LogP contribution in [0.5, 0.6) is 11.8 Å². The van der Waals surface area contributed by atoms with E-state index in [1.165, 1.54) is 34.9 Å². The molecule has 7 nitrogen and oxygen atoms in total. The molecule has 0 radical (unpaired) electrons. The van der Waals surface area contributed by atoms with Gasteiger partial charge < -0.3 is 9.30 Å². The first-order chi connectivity index (χ1) is 14.7. The molecule has 0 atom stereocenters. The van der Waals surface area contributed by atoms with Gasteiger partial charge in [0.1, 0.15) is 0 Å². The topological polar surface area (TPSA) is 91.2 Å². The Labute approximate surface area is 184 Å². The molecule has 31 heavy (non-hydrogen) atoms. The lowest BCUT2D eigenvalue weighted by atomic mass is 10.2. The minimum atomic E-state index is -3.42. The molecule has 0 amide bonds. The van der Waals surface area contributed by atoms with E-state index in [0.29, 0.717) is 17.7 Å². The van der Waals surface area contributed by atoms with E-state index in [1.807, 2.05) is 6.92 Å². The highest BCUT2D eigenvalue weighted by molar-refractivity contribution is 7.90. The highest BCUT2D eigenvalue weighted by atomic mass is 35.5. The fourth-order valence-corrected chi connectivity index (χ4v) is 4.49. The standard InChI is InChI=1S/C21H21ClFN3O4S/c1-3-4-10-31(28,29)13-15-11-18(14-8-9-19(27)26(2)12-14)25-21(24-15)30-20-16(22)6-5-7-17(20)23/h5-9,11-12H,3-4,10,13H2,1-2H3. The van der Waals surface area contributed by atoms with Gasteiger partial charge in [-0.05, 0) is 30.7 Å². The molecule has 2 aromatic heterocycles. The van der Waals surface area contributed by atoms with Crippen molar-refractivity contribution in [2.75, 3.05) is 5.75 Å². The van der Waals surface area contributed by atoms with Crippen LogP contribution in [-0.2, 0) is 22.6 Å². The lowest BCUT2D eigenvalue weighted by molar-refractivity contribution is 0.410. The summed E-state index contributed by atoms with van der Waals surface area (Å²) in [4.78, 5) is 20.1. The van der Waals surface area contributed by atoms with E-state index < -0.39 is 15.7 Å². The Morgan fingerprint density at radius 1 is 1.19 bits per heavy atom. The van der Waals surface area contributed by atoms with Crippen molar-refractivity contribution in [1.82, 2.24) is 14.5 Å². The number of ether oxygens (including phenoxy) is 1. The van der Waals surface area contributed by atoms with Crippen LogP contribution in [0.3, 0.4) is 0 Å². The molecular weight excluding hydrogens is 445 g/mol. The summed E-state index contributed by atoms with van der Waals surface area (Å²) in [5.41, 5.74) is 0.849. The number of rotatable bonds is 8. The molecule has 1 aromatic carbocycles. The summed E-state index contributed by atoms with van der Waals surface area (Å²) in [6.45, 7) is 1.90. The van der Waals surface area contributed by atoms with E-state index in [-0.39, 0.29) is 39.5 Å². The van der Waals surface area contributed by atoms with Crippen molar-refractivity contribution in [3.05, 3.63) is 69.5 Å². The lowest BCUT2D eigenvalue weighted by Crippen LogP contribution is -2.14. The van der Waals surface area contributed by atoms with Gasteiger partial charge in [0.25, 0.3) is 0 Å². The van der Waals surface area contributed by atoms with E-state index in [0.717, 1.165) is 6.42 Å². The molecular formula is C21H21ClFN3O4S. The number of sulfone groups is 1. The van der Waals surface area contributed by atoms with Crippen LogP contribution in [0.1, 0.15) is 25.5 Å². The van der Waals surface area contributed by atoms with Gasteiger partial charge in [-0.2, -0.15) is 9.97 Å². The fraction of sp³-hybridized carbons (Fsp3) is 0.286. The van der Waals surface area contributed by atoms with Crippen LogP contribution >= 0.6 is 11.6 Å². The molecule has 0 aliphatic carbocycles. The second-order valence-corrected chi connectivity index (χ2v) is 9.58. The zero-order chi connectivity index (χ0) is 22.6. The predicted octanol–water partition coefficient (Wildman–Crippen LogP) is 4.14. The van der Waals surface area contributed by atoms with Crippen molar-refractivity contribution >= 4 is 21.4 Å². The van der Waals surface area contributed by atoms with Gasteiger partial charge in [-0.1, -0.05) is 31.0 Å². The van der Waals surface area contributed by atoms with Gasteiger partial charge in [-0.25, -0.2) is 12.8 Å². The summed E-state index contributed by atoms with van der Waals surface area (Å²) in [5, 5.41) is 0.0215. The molecule has 0 fully saturated rings. The van der Waals surface area contributed by atoms with Gasteiger partial charge in [-0.15, -0.1) is 0 Å². The zero-order valence-electron chi connectivity index (χ0n) is 17.0. The Balaban J connectivity index is 2.07. The van der Waals surface area contributed by atoms with Crippen LogP contribution < -0.4 is 10.3 Å². The molecule has 0 aliphatic heterocycles. The van der Waals surface area contributed by atoms with Gasteiger partial charge in [0.2, 0.25) is 5.56 Å². The van der Waals surface area contributed by atoms with E-state index in [4.69, 9.17) is 16.3 Å². The van der Waals surface area contributed by atoms with Crippen molar-refractivity contribution < 1.29 is 17.5 Å². The smallest absolute Gasteiger partial charge is 0.322 e. The highest BCUT2D eigenvalue weighted by Gasteiger charge is 2.18. The molecule has 0 bridgehead atoms. The molecule has 10 heteroatoms. The summed E-state index contributed by atoms with van der Waals surface area (Å²) < 4.78 is 45.9. The lowest BCUT2D eigenvalue weighted by Gasteiger charge is -2.11. The summed E-state index contributed by atoms with van der Waals surface area (Å²) in [5.74, 6) is -1.27. The average molecular weight is 466 g/mol. The minimum absolute atomic E-state index is 0.0215. The zero-order valence-corrected chi connectivity index (χ0v) is 18.6. The number of para-hydroxylation sites is 1. The third-order valence-electron chi connectivity index (χ3n) is 4.43. The SMILES string of the molecule is CCCCS(=O)(=O)Cc1cc(-c2ccc(=O)n(C)c2)nc(Oc2c(F)cccc2Cl)n1. The van der Waals surface area contributed by atoms with E-state index >= 15 is 0 Å². The van der Waals surface area contributed by atoms with Gasteiger partial charge in [-0.3, -0.25) is 4.79 Å². The molecule has 164 valence electrons. The number of benzene rings is 1. The molecule has 0 saturated carbocycles. The van der Waals surface area contributed by atoms with Gasteiger partial charge in [0, 0.05) is 24.9 Å². The maximum Gasteiger partial charge on any atom is 0.322 e. The monoisotopic (exact) mass is 465 g/mol. The molecule has 0 unspecified atom stereocenters. The predicted molar refractivity (Wildman–Crippen MR) is 117 cm³/mol. The van der Waals surface area contributed by atoms with E-state index in [1.54, 1.807) is 19.3 Å². The van der Waals surface area contributed by atoms with E-state index in [2.05, 4.69) is 9.97 Å². The van der Waals surface area contributed by atoms with Crippen LogP contribution in [0.4, 0.5) is 4.39 Å². The third-order valence-corrected chi connectivity index (χ3v) is 6.37. The summed E-state index contributed by atoms with van der Waals surface area (Å²) in [7, 11) is -1.83. The largest absolute Gasteiger partial charge is 0.420 e. The van der Waals surface area contributed by atoms with Crippen LogP contribution in [0.15, 0.2) is 47.4 Å². The second-order valence-electron chi connectivity index (χ2n) is 6.99. The van der Waals surface area contributed by atoms with Crippen molar-refractivity contribution in [3.63, 3.8) is 0 Å². The number of hydrogen-bond donors (Lipinski definition) is 0. The molecule has 0 N–H and O–H groups in total. The summed E-state index contributed by atoms with van der Waals surface area (Å²) >= 11 is 6.02. The first-order valence-corrected chi connectivity index (χ1v) is 11.8. The van der Waals surface area contributed by atoms with Crippen molar-refractivity contribution in [3.8, 4) is 23.0 Å². The quantitative estimate of drug-likeness (QED) is 0.496. The number of aromatic nitrogens is 3. The average Bonchev–Trinajstić information content (AvgIpc) is 2.71. The Kier molecular flexibility index (Phi) is 7.07. The fourth-order valence-electron chi connectivity index (χ4n) is 2.82. The van der Waals surface area contributed by atoms with E-state index in [9.17, 15) is 17.6 Å². The first-order valence-electron chi connectivity index (χ1n) is 9.56. The maximum absolute atomic E-state index is 14.2. The normalized spacial score (nSPS) is 11.5. The van der Waals surface area contributed by atoms with Crippen molar-refractivity contribution in [2.45, 2.75) is 25.5 Å². The number of halogens is 2. The van der Waals surface area contributed by atoms with Crippen LogP contribution in [0.25, 0.3) is 11.3 Å².